The summed E-state index contributed by atoms with van der Waals surface area (Å²) < 4.78 is 2.15. The number of nitrogens with one attached hydrogen (secondary N) is 1. The topological polar surface area (TPSA) is 33.1 Å². The molecule has 94 valence electrons. The third-order valence-corrected chi connectivity index (χ3v) is 4.16. The zero-order valence-electron chi connectivity index (χ0n) is 11.0. The highest BCUT2D eigenvalue weighted by molar-refractivity contribution is 5.72. The van der Waals surface area contributed by atoms with Crippen LogP contribution in [0.2, 0.25) is 0 Å². The Morgan fingerprint density at radius 1 is 1.47 bits per heavy atom. The average Bonchev–Trinajstić information content (AvgIpc) is 2.66. The molecule has 0 bridgehead atoms. The standard InChI is InChI=1S/C13H22N4/c1-4-17-13-12(10(3)15-17)14-8-11-7-9(2)5-6-16(11)13/h9,11,14H,4-8H2,1-3H3. The van der Waals surface area contributed by atoms with Gasteiger partial charge in [0.05, 0.1) is 5.69 Å². The van der Waals surface area contributed by atoms with Crippen molar-refractivity contribution in [1.29, 1.82) is 0 Å². The quantitative estimate of drug-likeness (QED) is 0.809. The van der Waals surface area contributed by atoms with Crippen molar-refractivity contribution >= 4 is 11.5 Å². The van der Waals surface area contributed by atoms with Gasteiger partial charge < -0.3 is 10.2 Å². The SMILES string of the molecule is CCn1nc(C)c2c1N1CCC(C)CC1CN2. The van der Waals surface area contributed by atoms with Crippen molar-refractivity contribution in [1.82, 2.24) is 9.78 Å². The predicted octanol–water partition coefficient (Wildman–Crippen LogP) is 2.24. The molecule has 1 aromatic rings. The molecule has 4 nitrogen and oxygen atoms in total. The lowest BCUT2D eigenvalue weighted by molar-refractivity contribution is 0.361. The van der Waals surface area contributed by atoms with Crippen LogP contribution in [0.5, 0.6) is 0 Å². The zero-order chi connectivity index (χ0) is 12.0. The summed E-state index contributed by atoms with van der Waals surface area (Å²) in [5, 5.41) is 8.21. The van der Waals surface area contributed by atoms with Crippen LogP contribution in [0.15, 0.2) is 0 Å². The van der Waals surface area contributed by atoms with Gasteiger partial charge >= 0.3 is 0 Å². The van der Waals surface area contributed by atoms with Crippen LogP contribution in [-0.4, -0.2) is 28.9 Å². The number of anilines is 2. The third kappa shape index (κ3) is 1.61. The number of fused-ring (bicyclic) bond motifs is 3. The number of hydrogen-bond donors (Lipinski definition) is 1. The summed E-state index contributed by atoms with van der Waals surface area (Å²) in [6, 6.07) is 0.660. The normalized spacial score (nSPS) is 27.4. The molecule has 17 heavy (non-hydrogen) atoms. The van der Waals surface area contributed by atoms with Crippen molar-refractivity contribution in [3.63, 3.8) is 0 Å². The molecule has 4 heteroatoms. The van der Waals surface area contributed by atoms with Crippen molar-refractivity contribution < 1.29 is 0 Å². The molecule has 0 saturated carbocycles. The number of hydrogen-bond acceptors (Lipinski definition) is 3. The molecule has 2 aliphatic heterocycles. The lowest BCUT2D eigenvalue weighted by Gasteiger charge is -2.43. The molecule has 1 fully saturated rings. The minimum atomic E-state index is 0.660. The van der Waals surface area contributed by atoms with E-state index in [1.54, 1.807) is 0 Å². The van der Waals surface area contributed by atoms with Gasteiger partial charge in [-0.05, 0) is 32.6 Å². The van der Waals surface area contributed by atoms with Gasteiger partial charge in [-0.15, -0.1) is 0 Å². The molecule has 2 unspecified atom stereocenters. The maximum atomic E-state index is 4.63. The van der Waals surface area contributed by atoms with E-state index in [9.17, 15) is 0 Å². The Balaban J connectivity index is 2.00. The highest BCUT2D eigenvalue weighted by atomic mass is 15.4. The predicted molar refractivity (Wildman–Crippen MR) is 70.7 cm³/mol. The van der Waals surface area contributed by atoms with E-state index in [0.29, 0.717) is 6.04 Å². The van der Waals surface area contributed by atoms with Crippen molar-refractivity contribution in [3.8, 4) is 0 Å². The van der Waals surface area contributed by atoms with E-state index in [0.717, 1.165) is 24.7 Å². The molecule has 1 saturated heterocycles. The van der Waals surface area contributed by atoms with Crippen LogP contribution in [0.4, 0.5) is 11.5 Å². The monoisotopic (exact) mass is 234 g/mol. The molecule has 0 aliphatic carbocycles. The molecule has 2 aliphatic rings. The van der Waals surface area contributed by atoms with E-state index in [2.05, 4.69) is 40.8 Å². The second-order valence-electron chi connectivity index (χ2n) is 5.46. The van der Waals surface area contributed by atoms with Gasteiger partial charge in [0.1, 0.15) is 5.69 Å². The lowest BCUT2D eigenvalue weighted by atomic mass is 9.91. The van der Waals surface area contributed by atoms with Gasteiger partial charge in [0.15, 0.2) is 5.82 Å². The highest BCUT2D eigenvalue weighted by Crippen LogP contribution is 2.38. The van der Waals surface area contributed by atoms with Gasteiger partial charge in [0, 0.05) is 25.7 Å². The smallest absolute Gasteiger partial charge is 0.151 e. The lowest BCUT2D eigenvalue weighted by Crippen LogP contribution is -2.49. The summed E-state index contributed by atoms with van der Waals surface area (Å²) in [6.45, 7) is 9.86. The van der Waals surface area contributed by atoms with Gasteiger partial charge in [-0.2, -0.15) is 5.10 Å². The Labute approximate surface area is 103 Å². The fraction of sp³-hybridized carbons (Fsp3) is 0.769. The second kappa shape index (κ2) is 3.93. The molecular formula is C13H22N4. The number of piperidine rings is 1. The first-order valence-corrected chi connectivity index (χ1v) is 6.78. The summed E-state index contributed by atoms with van der Waals surface area (Å²) >= 11 is 0. The summed E-state index contributed by atoms with van der Waals surface area (Å²) in [4.78, 5) is 2.58. The molecule has 0 amide bonds. The second-order valence-corrected chi connectivity index (χ2v) is 5.46. The molecule has 3 rings (SSSR count). The van der Waals surface area contributed by atoms with Gasteiger partial charge in [-0.1, -0.05) is 6.92 Å². The number of rotatable bonds is 1. The summed E-state index contributed by atoms with van der Waals surface area (Å²) in [7, 11) is 0. The van der Waals surface area contributed by atoms with Crippen LogP contribution < -0.4 is 10.2 Å². The van der Waals surface area contributed by atoms with Gasteiger partial charge in [0.25, 0.3) is 0 Å². The first-order valence-electron chi connectivity index (χ1n) is 6.78. The van der Waals surface area contributed by atoms with E-state index >= 15 is 0 Å². The summed E-state index contributed by atoms with van der Waals surface area (Å²) in [5.41, 5.74) is 2.40. The largest absolute Gasteiger partial charge is 0.378 e. The Morgan fingerprint density at radius 3 is 3.06 bits per heavy atom. The van der Waals surface area contributed by atoms with E-state index < -0.39 is 0 Å². The van der Waals surface area contributed by atoms with Crippen LogP contribution in [0.1, 0.15) is 32.4 Å². The van der Waals surface area contributed by atoms with Gasteiger partial charge in [-0.3, -0.25) is 0 Å². The average molecular weight is 234 g/mol. The number of aryl methyl sites for hydroxylation is 2. The van der Waals surface area contributed by atoms with Gasteiger partial charge in [0.2, 0.25) is 0 Å². The molecular weight excluding hydrogens is 212 g/mol. The Kier molecular flexibility index (Phi) is 2.53. The summed E-state index contributed by atoms with van der Waals surface area (Å²) in [5.74, 6) is 2.19. The number of nitrogens with zero attached hydrogens (tertiary/aromatic N) is 3. The highest BCUT2D eigenvalue weighted by Gasteiger charge is 2.34. The van der Waals surface area contributed by atoms with E-state index in [1.165, 1.54) is 30.9 Å². The van der Waals surface area contributed by atoms with E-state index in [4.69, 9.17) is 0 Å². The molecule has 3 heterocycles. The maximum absolute atomic E-state index is 4.63. The number of aromatic nitrogens is 2. The molecule has 1 N–H and O–H groups in total. The van der Waals surface area contributed by atoms with Crippen molar-refractivity contribution in [2.24, 2.45) is 5.92 Å². The van der Waals surface area contributed by atoms with E-state index in [-0.39, 0.29) is 0 Å². The third-order valence-electron chi connectivity index (χ3n) is 4.16. The van der Waals surface area contributed by atoms with Crippen LogP contribution in [-0.2, 0) is 6.54 Å². The van der Waals surface area contributed by atoms with Gasteiger partial charge in [-0.25, -0.2) is 4.68 Å². The Hall–Kier alpha value is -1.19. The molecule has 2 atom stereocenters. The van der Waals surface area contributed by atoms with E-state index in [1.807, 2.05) is 0 Å². The first kappa shape index (κ1) is 10.9. The molecule has 0 aromatic carbocycles. The maximum Gasteiger partial charge on any atom is 0.151 e. The van der Waals surface area contributed by atoms with Crippen molar-refractivity contribution in [2.75, 3.05) is 23.3 Å². The van der Waals surface area contributed by atoms with Crippen LogP contribution >= 0.6 is 0 Å². The van der Waals surface area contributed by atoms with Crippen molar-refractivity contribution in [2.45, 2.75) is 46.2 Å². The minimum Gasteiger partial charge on any atom is -0.378 e. The fourth-order valence-electron chi connectivity index (χ4n) is 3.23. The van der Waals surface area contributed by atoms with Crippen LogP contribution in [0, 0.1) is 12.8 Å². The van der Waals surface area contributed by atoms with Crippen LogP contribution in [0.25, 0.3) is 0 Å². The molecule has 1 aromatic heterocycles. The Morgan fingerprint density at radius 2 is 2.29 bits per heavy atom. The molecule has 0 spiro atoms. The summed E-state index contributed by atoms with van der Waals surface area (Å²) in [6.07, 6.45) is 2.62. The fourth-order valence-corrected chi connectivity index (χ4v) is 3.23. The zero-order valence-corrected chi connectivity index (χ0v) is 11.0. The molecule has 0 radical (unpaired) electrons. The van der Waals surface area contributed by atoms with Crippen molar-refractivity contribution in [3.05, 3.63) is 5.69 Å². The minimum absolute atomic E-state index is 0.660. The Bertz CT molecular complexity index is 423. The van der Waals surface area contributed by atoms with Crippen LogP contribution in [0.3, 0.4) is 0 Å². The first-order chi connectivity index (χ1) is 8.20.